The van der Waals surface area contributed by atoms with E-state index in [1.807, 2.05) is 4.68 Å². The van der Waals surface area contributed by atoms with Crippen LogP contribution in [0.1, 0.15) is 114 Å². The third-order valence-corrected chi connectivity index (χ3v) is 13.0. The lowest BCUT2D eigenvalue weighted by atomic mass is 10.1. The van der Waals surface area contributed by atoms with Gasteiger partial charge in [0.15, 0.2) is 5.96 Å². The molecule has 76 heavy (non-hydrogen) atoms. The highest BCUT2D eigenvalue weighted by molar-refractivity contribution is 7.89. The fourth-order valence-electron chi connectivity index (χ4n) is 7.79. The minimum atomic E-state index is -4.36. The molecule has 0 saturated carbocycles. The summed E-state index contributed by atoms with van der Waals surface area (Å²) in [6.45, 7) is 16.1. The SMILES string of the molecule is COC(=O)[C@H](CNC(=O)c1ccc2c(cnn2CCCNC2=NCCCN2)c1)NS(=O)(=O)c1c(C)cc(OCCCC(=O)NCCNC(=O)C(CCC(=O)OC(C)(C)C)NC(=O)[C@@H](N)CCC(=O)OC(C)(C)C)cc1C. The van der Waals surface area contributed by atoms with Crippen LogP contribution < -0.4 is 47.1 Å². The van der Waals surface area contributed by atoms with Gasteiger partial charge in [-0.2, -0.15) is 9.82 Å². The summed E-state index contributed by atoms with van der Waals surface area (Å²) in [6.07, 6.45) is 3.33. The molecule has 3 aromatic rings. The number of carbonyl (C=O) groups excluding carboxylic acids is 7. The summed E-state index contributed by atoms with van der Waals surface area (Å²) >= 11 is 0. The molecule has 3 atom stereocenters. The number of aliphatic imine (C=N–C) groups is 1. The third kappa shape index (κ3) is 21.0. The van der Waals surface area contributed by atoms with E-state index < -0.39 is 81.5 Å². The van der Waals surface area contributed by atoms with Crippen LogP contribution in [-0.2, 0) is 59.5 Å². The van der Waals surface area contributed by atoms with E-state index in [1.54, 1.807) is 79.8 Å². The number of rotatable bonds is 28. The summed E-state index contributed by atoms with van der Waals surface area (Å²) < 4.78 is 53.2. The molecule has 9 N–H and O–H groups in total. The van der Waals surface area contributed by atoms with Gasteiger partial charge in [0, 0.05) is 76.0 Å². The second-order valence-corrected chi connectivity index (χ2v) is 21.9. The number of sulfonamides is 1. The Labute approximate surface area is 444 Å². The molecule has 1 aliphatic heterocycles. The number of carbonyl (C=O) groups is 7. The van der Waals surface area contributed by atoms with Crippen LogP contribution in [-0.4, -0.2) is 148 Å². The Morgan fingerprint density at radius 1 is 0.816 bits per heavy atom. The number of guanidine groups is 1. The second kappa shape index (κ2) is 28.9. The average molecular weight is 1080 g/mol. The van der Waals surface area contributed by atoms with Crippen molar-refractivity contribution in [3.63, 3.8) is 0 Å². The van der Waals surface area contributed by atoms with Crippen LogP contribution in [0.3, 0.4) is 0 Å². The first-order valence-corrected chi connectivity index (χ1v) is 26.9. The van der Waals surface area contributed by atoms with E-state index in [4.69, 9.17) is 24.7 Å². The number of hydrogen-bond acceptors (Lipinski definition) is 18. The largest absolute Gasteiger partial charge is 0.494 e. The van der Waals surface area contributed by atoms with Gasteiger partial charge in [-0.15, -0.1) is 0 Å². The number of ether oxygens (including phenoxy) is 4. The lowest BCUT2D eigenvalue weighted by molar-refractivity contribution is -0.156. The number of nitrogens with zero attached hydrogens (tertiary/aromatic N) is 3. The van der Waals surface area contributed by atoms with Crippen LogP contribution in [0.25, 0.3) is 10.9 Å². The summed E-state index contributed by atoms with van der Waals surface area (Å²) in [6, 6.07) is 4.31. The summed E-state index contributed by atoms with van der Waals surface area (Å²) in [7, 11) is -3.25. The average Bonchev–Trinajstić information content (AvgIpc) is 3.75. The van der Waals surface area contributed by atoms with Crippen molar-refractivity contribution in [2.24, 2.45) is 10.7 Å². The van der Waals surface area contributed by atoms with Gasteiger partial charge >= 0.3 is 17.9 Å². The van der Waals surface area contributed by atoms with E-state index in [9.17, 15) is 42.0 Å². The van der Waals surface area contributed by atoms with Gasteiger partial charge in [0.1, 0.15) is 29.0 Å². The van der Waals surface area contributed by atoms with E-state index in [0.717, 1.165) is 49.9 Å². The van der Waals surface area contributed by atoms with E-state index in [2.05, 4.69) is 46.7 Å². The molecule has 1 unspecified atom stereocenters. The number of methoxy groups -OCH3 is 1. The van der Waals surface area contributed by atoms with Crippen molar-refractivity contribution in [1.82, 2.24) is 46.4 Å². The van der Waals surface area contributed by atoms with Crippen LogP contribution in [0, 0.1) is 13.8 Å². The zero-order chi connectivity index (χ0) is 56.2. The molecule has 0 spiro atoms. The zero-order valence-electron chi connectivity index (χ0n) is 45.1. The van der Waals surface area contributed by atoms with Crippen LogP contribution >= 0.6 is 0 Å². The number of aryl methyl sites for hydroxylation is 3. The fraction of sp³-hybridized carbons (Fsp3) is 0.588. The van der Waals surface area contributed by atoms with Gasteiger partial charge in [0.05, 0.1) is 36.4 Å². The lowest BCUT2D eigenvalue weighted by Crippen LogP contribution is -2.52. The van der Waals surface area contributed by atoms with Gasteiger partial charge in [-0.25, -0.2) is 8.42 Å². The first-order chi connectivity index (χ1) is 35.7. The Balaban J connectivity index is 1.22. The Kier molecular flexibility index (Phi) is 23.4. The van der Waals surface area contributed by atoms with Crippen molar-refractivity contribution in [3.8, 4) is 5.75 Å². The second-order valence-electron chi connectivity index (χ2n) is 20.2. The molecule has 4 amide bonds. The van der Waals surface area contributed by atoms with Crippen molar-refractivity contribution in [2.45, 2.75) is 148 Å². The van der Waals surface area contributed by atoms with Gasteiger partial charge in [-0.05, 0) is 129 Å². The van der Waals surface area contributed by atoms with Crippen LogP contribution in [0.15, 0.2) is 46.4 Å². The predicted molar refractivity (Wildman–Crippen MR) is 282 cm³/mol. The van der Waals surface area contributed by atoms with E-state index in [1.165, 1.54) is 12.1 Å². The fourth-order valence-corrected chi connectivity index (χ4v) is 9.43. The molecule has 0 fully saturated rings. The van der Waals surface area contributed by atoms with Crippen molar-refractivity contribution in [3.05, 3.63) is 53.2 Å². The maximum absolute atomic E-state index is 13.8. The molecular formula is C51H77N11O13S. The van der Waals surface area contributed by atoms with E-state index in [0.29, 0.717) is 30.0 Å². The molecule has 2 aromatic carbocycles. The number of amides is 4. The highest BCUT2D eigenvalue weighted by Gasteiger charge is 2.31. The van der Waals surface area contributed by atoms with E-state index in [-0.39, 0.29) is 74.6 Å². The molecule has 2 heterocycles. The summed E-state index contributed by atoms with van der Waals surface area (Å²) in [5, 5.41) is 22.2. The molecule has 0 aliphatic carbocycles. The van der Waals surface area contributed by atoms with Gasteiger partial charge in [-0.1, -0.05) is 0 Å². The normalized spacial score (nSPS) is 13.9. The highest BCUT2D eigenvalue weighted by Crippen LogP contribution is 2.27. The molecular weight excluding hydrogens is 1010 g/mol. The van der Waals surface area contributed by atoms with Gasteiger partial charge in [0.2, 0.25) is 27.7 Å². The zero-order valence-corrected chi connectivity index (χ0v) is 46.0. The van der Waals surface area contributed by atoms with Crippen LogP contribution in [0.2, 0.25) is 0 Å². The minimum absolute atomic E-state index is 0.0119. The summed E-state index contributed by atoms with van der Waals surface area (Å²) in [4.78, 5) is 93.8. The van der Waals surface area contributed by atoms with Crippen molar-refractivity contribution >= 4 is 68.4 Å². The van der Waals surface area contributed by atoms with Gasteiger partial charge in [0.25, 0.3) is 5.91 Å². The molecule has 25 heteroatoms. The maximum atomic E-state index is 13.8. The van der Waals surface area contributed by atoms with Crippen molar-refractivity contribution in [1.29, 1.82) is 0 Å². The number of aromatic nitrogens is 2. The number of esters is 3. The number of fused-ring (bicyclic) bond motifs is 1. The number of hydrogen-bond donors (Lipinski definition) is 8. The van der Waals surface area contributed by atoms with Crippen LogP contribution in [0.4, 0.5) is 0 Å². The quantitative estimate of drug-likeness (QED) is 0.0291. The number of nitrogens with two attached hydrogens (primary N) is 1. The Morgan fingerprint density at radius 3 is 2.11 bits per heavy atom. The smallest absolute Gasteiger partial charge is 0.325 e. The number of nitrogens with one attached hydrogen (secondary N) is 7. The molecule has 0 bridgehead atoms. The molecule has 4 rings (SSSR count). The molecule has 420 valence electrons. The van der Waals surface area contributed by atoms with Crippen molar-refractivity contribution < 1.29 is 60.9 Å². The lowest BCUT2D eigenvalue weighted by Gasteiger charge is -2.23. The van der Waals surface area contributed by atoms with Gasteiger partial charge in [-0.3, -0.25) is 43.2 Å². The highest BCUT2D eigenvalue weighted by atomic mass is 32.2. The number of benzene rings is 2. The molecule has 1 aromatic heterocycles. The Morgan fingerprint density at radius 2 is 1.47 bits per heavy atom. The summed E-state index contributed by atoms with van der Waals surface area (Å²) in [5.41, 5.74) is 6.28. The Bertz CT molecular complexity index is 2640. The molecule has 24 nitrogen and oxygen atoms in total. The molecule has 0 radical (unpaired) electrons. The topological polar surface area (TPSA) is 331 Å². The van der Waals surface area contributed by atoms with Crippen LogP contribution in [0.5, 0.6) is 5.75 Å². The Hall–Kier alpha value is -6.86. The molecule has 0 saturated heterocycles. The van der Waals surface area contributed by atoms with E-state index >= 15 is 0 Å². The van der Waals surface area contributed by atoms with Gasteiger partial charge < -0.3 is 56.6 Å². The third-order valence-electron chi connectivity index (χ3n) is 11.3. The first kappa shape index (κ1) is 61.7. The minimum Gasteiger partial charge on any atom is -0.494 e. The van der Waals surface area contributed by atoms with Crippen molar-refractivity contribution in [2.75, 3.05) is 53.0 Å². The molecule has 1 aliphatic rings. The maximum Gasteiger partial charge on any atom is 0.325 e. The predicted octanol–water partition coefficient (Wildman–Crippen LogP) is 1.68. The standard InChI is InChI=1S/C51H77N11O13S/c1-32-27-36(73-26-10-13-41(63)53-23-24-54-47(68)38(16-19-43(65)75-51(6,7)8)60-46(67)37(52)15-18-42(64)74-50(3,4)5)28-33(2)44(32)76(70,71)61-39(48(69)72-9)31-58-45(66)34-14-17-40-35(29-34)30-59-62(40)25-12-22-57-49-55-20-11-21-56-49/h14,17,27-30,37-39,61H,10-13,15-16,18-26,31,52H2,1-9H3,(H,53,63)(H,54,68)(H,58,66)(H,60,67)(H2,55,56,57)/t37-,38?,39-/m0/s1. The first-order valence-electron chi connectivity index (χ1n) is 25.4. The summed E-state index contributed by atoms with van der Waals surface area (Å²) in [5.74, 6) is -3.09. The monoisotopic (exact) mass is 1080 g/mol.